The fourth-order valence-corrected chi connectivity index (χ4v) is 3.31. The number of carbonyl (C=O) groups excluding carboxylic acids is 1. The molecule has 1 saturated heterocycles. The lowest BCUT2D eigenvalue weighted by molar-refractivity contribution is -0.118. The number of carbonyl (C=O) groups is 1. The molecule has 0 radical (unpaired) electrons. The maximum Gasteiger partial charge on any atom is 0.241 e. The minimum Gasteiger partial charge on any atom is -0.322 e. The summed E-state index contributed by atoms with van der Waals surface area (Å²) in [5, 5.41) is 5.47. The number of rotatable bonds is 2. The topological polar surface area (TPSA) is 41.1 Å². The molecular weight excluding hydrogens is 269 g/mol. The molecule has 3 unspecified atom stereocenters. The standard InChI is InChI=1S/C14H15F3N2O/c15-9-4-5-10(12(17)11(9)16)19-14(20)13-8-3-1-2-7(8)6-18-13/h4-5,7-8,13,18H,1-3,6H2,(H,19,20). The quantitative estimate of drug-likeness (QED) is 0.819. The minimum absolute atomic E-state index is 0.253. The normalized spacial score (nSPS) is 28.4. The molecule has 1 aromatic rings. The number of hydrogen-bond acceptors (Lipinski definition) is 2. The number of nitrogens with one attached hydrogen (secondary N) is 2. The van der Waals surface area contributed by atoms with Gasteiger partial charge >= 0.3 is 0 Å². The third kappa shape index (κ3) is 2.18. The summed E-state index contributed by atoms with van der Waals surface area (Å²) in [4.78, 5) is 12.1. The first-order valence-electron chi connectivity index (χ1n) is 6.75. The van der Waals surface area contributed by atoms with Crippen LogP contribution >= 0.6 is 0 Å². The zero-order valence-corrected chi connectivity index (χ0v) is 10.8. The SMILES string of the molecule is O=C(Nc1ccc(F)c(F)c1F)C1NCC2CCCC21. The van der Waals surface area contributed by atoms with Crippen molar-refractivity contribution in [3.8, 4) is 0 Å². The molecule has 2 N–H and O–H groups in total. The van der Waals surface area contributed by atoms with Crippen LogP contribution in [0.2, 0.25) is 0 Å². The fourth-order valence-electron chi connectivity index (χ4n) is 3.31. The van der Waals surface area contributed by atoms with Crippen molar-refractivity contribution in [2.75, 3.05) is 11.9 Å². The maximum absolute atomic E-state index is 13.5. The highest BCUT2D eigenvalue weighted by Crippen LogP contribution is 2.38. The number of anilines is 1. The van der Waals surface area contributed by atoms with Gasteiger partial charge in [0, 0.05) is 0 Å². The summed E-state index contributed by atoms with van der Waals surface area (Å²) in [7, 11) is 0. The fraction of sp³-hybridized carbons (Fsp3) is 0.500. The second kappa shape index (κ2) is 5.09. The zero-order valence-electron chi connectivity index (χ0n) is 10.8. The van der Waals surface area contributed by atoms with Gasteiger partial charge in [-0.3, -0.25) is 4.79 Å². The predicted molar refractivity (Wildman–Crippen MR) is 67.6 cm³/mol. The van der Waals surface area contributed by atoms with Gasteiger partial charge in [-0.1, -0.05) is 6.42 Å². The van der Waals surface area contributed by atoms with Crippen LogP contribution in [0, 0.1) is 29.3 Å². The Morgan fingerprint density at radius 1 is 1.20 bits per heavy atom. The molecule has 0 aromatic heterocycles. The average Bonchev–Trinajstić information content (AvgIpc) is 3.01. The molecule has 108 valence electrons. The van der Waals surface area contributed by atoms with Gasteiger partial charge in [-0.05, 0) is 43.4 Å². The first kappa shape index (κ1) is 13.4. The molecule has 2 aliphatic rings. The second-order valence-corrected chi connectivity index (χ2v) is 5.45. The first-order valence-corrected chi connectivity index (χ1v) is 6.75. The van der Waals surface area contributed by atoms with E-state index in [0.717, 1.165) is 37.9 Å². The van der Waals surface area contributed by atoms with Crippen molar-refractivity contribution in [1.29, 1.82) is 0 Å². The van der Waals surface area contributed by atoms with Crippen LogP contribution in [0.4, 0.5) is 18.9 Å². The highest BCUT2D eigenvalue weighted by atomic mass is 19.2. The van der Waals surface area contributed by atoms with Crippen LogP contribution in [0.15, 0.2) is 12.1 Å². The van der Waals surface area contributed by atoms with Crippen molar-refractivity contribution in [2.45, 2.75) is 25.3 Å². The summed E-state index contributed by atoms with van der Waals surface area (Å²) in [6.07, 6.45) is 3.16. The Kier molecular flexibility index (Phi) is 3.41. The molecular formula is C14H15F3N2O. The van der Waals surface area contributed by atoms with Gasteiger partial charge in [-0.15, -0.1) is 0 Å². The van der Waals surface area contributed by atoms with Gasteiger partial charge in [-0.25, -0.2) is 13.2 Å². The largest absolute Gasteiger partial charge is 0.322 e. The van der Waals surface area contributed by atoms with E-state index in [4.69, 9.17) is 0 Å². The van der Waals surface area contributed by atoms with Gasteiger partial charge in [-0.2, -0.15) is 0 Å². The van der Waals surface area contributed by atoms with Crippen molar-refractivity contribution in [1.82, 2.24) is 5.32 Å². The minimum atomic E-state index is -1.57. The van der Waals surface area contributed by atoms with Crippen molar-refractivity contribution < 1.29 is 18.0 Å². The van der Waals surface area contributed by atoms with Crippen LogP contribution in [0.3, 0.4) is 0 Å². The van der Waals surface area contributed by atoms with E-state index in [9.17, 15) is 18.0 Å². The Morgan fingerprint density at radius 3 is 2.80 bits per heavy atom. The summed E-state index contributed by atoms with van der Waals surface area (Å²) in [6, 6.07) is 1.45. The average molecular weight is 284 g/mol. The van der Waals surface area contributed by atoms with Crippen LogP contribution < -0.4 is 10.6 Å². The van der Waals surface area contributed by atoms with E-state index in [-0.39, 0.29) is 23.6 Å². The molecule has 0 spiro atoms. The molecule has 0 bridgehead atoms. The van der Waals surface area contributed by atoms with Crippen LogP contribution in [0.5, 0.6) is 0 Å². The first-order chi connectivity index (χ1) is 9.58. The van der Waals surface area contributed by atoms with Gasteiger partial charge in [0.05, 0.1) is 11.7 Å². The summed E-state index contributed by atoms with van der Waals surface area (Å²) in [5.74, 6) is -3.84. The number of hydrogen-bond donors (Lipinski definition) is 2. The van der Waals surface area contributed by atoms with Crippen molar-refractivity contribution in [3.63, 3.8) is 0 Å². The molecule has 6 heteroatoms. The molecule has 1 aliphatic heterocycles. The van der Waals surface area contributed by atoms with Gasteiger partial charge in [0.15, 0.2) is 17.5 Å². The monoisotopic (exact) mass is 284 g/mol. The van der Waals surface area contributed by atoms with Crippen molar-refractivity contribution >= 4 is 11.6 Å². The van der Waals surface area contributed by atoms with Crippen molar-refractivity contribution in [2.24, 2.45) is 11.8 Å². The molecule has 1 heterocycles. The van der Waals surface area contributed by atoms with E-state index in [1.165, 1.54) is 0 Å². The van der Waals surface area contributed by atoms with Crippen LogP contribution in [-0.4, -0.2) is 18.5 Å². The van der Waals surface area contributed by atoms with Gasteiger partial charge in [0.1, 0.15) is 0 Å². The Morgan fingerprint density at radius 2 is 2.00 bits per heavy atom. The zero-order chi connectivity index (χ0) is 14.3. The Balaban J connectivity index is 1.75. The Bertz CT molecular complexity index is 549. The predicted octanol–water partition coefficient (Wildman–Crippen LogP) is 2.43. The lowest BCUT2D eigenvalue weighted by atomic mass is 9.93. The highest BCUT2D eigenvalue weighted by molar-refractivity contribution is 5.95. The summed E-state index contributed by atoms with van der Waals surface area (Å²) < 4.78 is 39.5. The number of halogens is 3. The van der Waals surface area contributed by atoms with E-state index in [1.807, 2.05) is 0 Å². The van der Waals surface area contributed by atoms with E-state index >= 15 is 0 Å². The van der Waals surface area contributed by atoms with Crippen LogP contribution in [0.25, 0.3) is 0 Å². The van der Waals surface area contributed by atoms with Gasteiger partial charge in [0.25, 0.3) is 0 Å². The highest BCUT2D eigenvalue weighted by Gasteiger charge is 2.42. The molecule has 3 atom stereocenters. The van der Waals surface area contributed by atoms with E-state index < -0.39 is 17.5 Å². The summed E-state index contributed by atoms with van der Waals surface area (Å²) in [5.41, 5.74) is -0.322. The van der Waals surface area contributed by atoms with Gasteiger partial charge < -0.3 is 10.6 Å². The third-order valence-corrected chi connectivity index (χ3v) is 4.32. The number of fused-ring (bicyclic) bond motifs is 1. The molecule has 3 nitrogen and oxygen atoms in total. The molecule has 3 rings (SSSR count). The Hall–Kier alpha value is -1.56. The van der Waals surface area contributed by atoms with Crippen LogP contribution in [-0.2, 0) is 4.79 Å². The second-order valence-electron chi connectivity index (χ2n) is 5.45. The van der Waals surface area contributed by atoms with E-state index in [0.29, 0.717) is 5.92 Å². The lowest BCUT2D eigenvalue weighted by Gasteiger charge is -2.18. The van der Waals surface area contributed by atoms with E-state index in [2.05, 4.69) is 10.6 Å². The number of amides is 1. The Labute approximate surface area is 114 Å². The molecule has 1 aliphatic carbocycles. The molecule has 1 amide bonds. The number of benzene rings is 1. The molecule has 1 aromatic carbocycles. The maximum atomic E-state index is 13.5. The summed E-state index contributed by atoms with van der Waals surface area (Å²) >= 11 is 0. The van der Waals surface area contributed by atoms with Crippen LogP contribution in [0.1, 0.15) is 19.3 Å². The van der Waals surface area contributed by atoms with Gasteiger partial charge in [0.2, 0.25) is 5.91 Å². The molecule has 1 saturated carbocycles. The smallest absolute Gasteiger partial charge is 0.241 e. The summed E-state index contributed by atoms with van der Waals surface area (Å²) in [6.45, 7) is 0.781. The van der Waals surface area contributed by atoms with E-state index in [1.54, 1.807) is 0 Å². The third-order valence-electron chi connectivity index (χ3n) is 4.32. The molecule has 2 fully saturated rings. The lowest BCUT2D eigenvalue weighted by Crippen LogP contribution is -2.40. The molecule has 20 heavy (non-hydrogen) atoms. The van der Waals surface area contributed by atoms with Crippen molar-refractivity contribution in [3.05, 3.63) is 29.6 Å².